The maximum Gasteiger partial charge on any atom is 0.259 e. The van der Waals surface area contributed by atoms with E-state index in [2.05, 4.69) is 5.32 Å². The van der Waals surface area contributed by atoms with E-state index >= 15 is 0 Å². The minimum absolute atomic E-state index is 0.0842. The van der Waals surface area contributed by atoms with Gasteiger partial charge in [-0.15, -0.1) is 0 Å². The number of para-hydroxylation sites is 2. The van der Waals surface area contributed by atoms with Crippen molar-refractivity contribution in [3.05, 3.63) is 48.0 Å². The standard InChI is InChI=1S/C14H11NO4S/c1-20(17,18)9-6-7-12-10(8-9)14(16)15-11-4-2-3-5-13(11)19-12/h2-8H,1H3,(H,15,16). The molecule has 0 fully saturated rings. The second kappa shape index (κ2) is 4.35. The van der Waals surface area contributed by atoms with Crippen molar-refractivity contribution >= 4 is 21.4 Å². The van der Waals surface area contributed by atoms with Crippen LogP contribution >= 0.6 is 0 Å². The Morgan fingerprint density at radius 1 is 1.05 bits per heavy atom. The van der Waals surface area contributed by atoms with Crippen LogP contribution in [-0.4, -0.2) is 20.6 Å². The van der Waals surface area contributed by atoms with Crippen molar-refractivity contribution in [2.75, 3.05) is 11.6 Å². The van der Waals surface area contributed by atoms with Crippen LogP contribution in [0.1, 0.15) is 10.4 Å². The Morgan fingerprint density at radius 3 is 2.55 bits per heavy atom. The fraction of sp³-hybridized carbons (Fsp3) is 0.0714. The number of carbonyl (C=O) groups excluding carboxylic acids is 1. The van der Waals surface area contributed by atoms with Crippen LogP contribution < -0.4 is 10.1 Å². The highest BCUT2D eigenvalue weighted by atomic mass is 32.2. The second-order valence-electron chi connectivity index (χ2n) is 4.48. The summed E-state index contributed by atoms with van der Waals surface area (Å²) in [6.07, 6.45) is 1.10. The lowest BCUT2D eigenvalue weighted by Crippen LogP contribution is -2.11. The van der Waals surface area contributed by atoms with Crippen LogP contribution in [-0.2, 0) is 9.84 Å². The van der Waals surface area contributed by atoms with Crippen LogP contribution in [0.5, 0.6) is 11.5 Å². The van der Waals surface area contributed by atoms with Gasteiger partial charge in [0.05, 0.1) is 16.1 Å². The fourth-order valence-corrected chi connectivity index (χ4v) is 2.62. The monoisotopic (exact) mass is 289 g/mol. The Morgan fingerprint density at radius 2 is 1.80 bits per heavy atom. The summed E-state index contributed by atoms with van der Waals surface area (Å²) in [5.41, 5.74) is 0.749. The lowest BCUT2D eigenvalue weighted by atomic mass is 10.2. The number of hydrogen-bond acceptors (Lipinski definition) is 4. The summed E-state index contributed by atoms with van der Waals surface area (Å²) < 4.78 is 28.8. The van der Waals surface area contributed by atoms with E-state index in [0.717, 1.165) is 6.26 Å². The number of rotatable bonds is 1. The van der Waals surface area contributed by atoms with Crippen LogP contribution in [0.4, 0.5) is 5.69 Å². The molecule has 0 saturated heterocycles. The summed E-state index contributed by atoms with van der Waals surface area (Å²) in [6, 6.07) is 11.3. The molecule has 0 bridgehead atoms. The van der Waals surface area contributed by atoms with Gasteiger partial charge >= 0.3 is 0 Å². The highest BCUT2D eigenvalue weighted by Gasteiger charge is 2.22. The molecule has 1 heterocycles. The van der Waals surface area contributed by atoms with E-state index < -0.39 is 15.7 Å². The zero-order valence-electron chi connectivity index (χ0n) is 10.6. The molecule has 0 spiro atoms. The van der Waals surface area contributed by atoms with Crippen LogP contribution in [0.2, 0.25) is 0 Å². The van der Waals surface area contributed by atoms with Crippen molar-refractivity contribution < 1.29 is 17.9 Å². The molecule has 0 aliphatic carbocycles. The first kappa shape index (κ1) is 12.7. The summed E-state index contributed by atoms with van der Waals surface area (Å²) >= 11 is 0. The van der Waals surface area contributed by atoms with E-state index in [1.807, 2.05) is 0 Å². The molecule has 1 aliphatic heterocycles. The minimum atomic E-state index is -3.37. The van der Waals surface area contributed by atoms with Crippen LogP contribution in [0.25, 0.3) is 0 Å². The third kappa shape index (κ3) is 2.14. The Labute approximate surface area is 116 Å². The Bertz CT molecular complexity index is 812. The number of fused-ring (bicyclic) bond motifs is 2. The molecule has 0 unspecified atom stereocenters. The summed E-state index contributed by atoms with van der Waals surface area (Å²) in [5, 5.41) is 2.70. The lowest BCUT2D eigenvalue weighted by Gasteiger charge is -2.07. The van der Waals surface area contributed by atoms with Crippen molar-refractivity contribution in [2.24, 2.45) is 0 Å². The van der Waals surface area contributed by atoms with E-state index in [0.29, 0.717) is 17.2 Å². The molecular formula is C14H11NO4S. The van der Waals surface area contributed by atoms with Crippen molar-refractivity contribution in [3.63, 3.8) is 0 Å². The zero-order valence-corrected chi connectivity index (χ0v) is 11.4. The van der Waals surface area contributed by atoms with Crippen molar-refractivity contribution in [1.82, 2.24) is 0 Å². The van der Waals surface area contributed by atoms with Gasteiger partial charge in [0.2, 0.25) is 0 Å². The molecule has 20 heavy (non-hydrogen) atoms. The van der Waals surface area contributed by atoms with Crippen molar-refractivity contribution in [1.29, 1.82) is 0 Å². The average molecular weight is 289 g/mol. The van der Waals surface area contributed by atoms with E-state index in [4.69, 9.17) is 4.74 Å². The van der Waals surface area contributed by atoms with Crippen LogP contribution in [0.3, 0.4) is 0 Å². The minimum Gasteiger partial charge on any atom is -0.454 e. The molecule has 0 atom stereocenters. The van der Waals surface area contributed by atoms with Crippen molar-refractivity contribution in [3.8, 4) is 11.5 Å². The number of sulfone groups is 1. The smallest absolute Gasteiger partial charge is 0.259 e. The summed E-state index contributed by atoms with van der Waals surface area (Å²) in [5.74, 6) is 0.460. The number of nitrogens with one attached hydrogen (secondary N) is 1. The van der Waals surface area contributed by atoms with Gasteiger partial charge in [0.25, 0.3) is 5.91 Å². The number of hydrogen-bond donors (Lipinski definition) is 1. The summed E-state index contributed by atoms with van der Waals surface area (Å²) in [7, 11) is -3.37. The molecule has 0 aromatic heterocycles. The molecule has 3 rings (SSSR count). The van der Waals surface area contributed by atoms with Gasteiger partial charge in [0.1, 0.15) is 5.75 Å². The molecule has 1 N–H and O–H groups in total. The SMILES string of the molecule is CS(=O)(=O)c1ccc2c(c1)C(=O)Nc1ccccc1O2. The molecule has 1 aliphatic rings. The van der Waals surface area contributed by atoms with Crippen LogP contribution in [0, 0.1) is 0 Å². The molecule has 2 aromatic rings. The Hall–Kier alpha value is -2.34. The number of ether oxygens (including phenoxy) is 1. The van der Waals surface area contributed by atoms with E-state index in [1.165, 1.54) is 18.2 Å². The third-order valence-electron chi connectivity index (χ3n) is 2.98. The fourth-order valence-electron chi connectivity index (χ4n) is 1.97. The predicted molar refractivity (Wildman–Crippen MR) is 74.0 cm³/mol. The maximum absolute atomic E-state index is 12.2. The third-order valence-corrected chi connectivity index (χ3v) is 4.09. The Balaban J connectivity index is 2.16. The quantitative estimate of drug-likeness (QED) is 0.875. The molecule has 102 valence electrons. The highest BCUT2D eigenvalue weighted by Crippen LogP contribution is 2.36. The van der Waals surface area contributed by atoms with Gasteiger partial charge in [0, 0.05) is 6.26 Å². The zero-order chi connectivity index (χ0) is 14.3. The molecule has 6 heteroatoms. The van der Waals surface area contributed by atoms with Gasteiger partial charge < -0.3 is 10.1 Å². The van der Waals surface area contributed by atoms with Gasteiger partial charge in [-0.1, -0.05) is 12.1 Å². The first-order valence-electron chi connectivity index (χ1n) is 5.87. The summed E-state index contributed by atoms with van der Waals surface area (Å²) in [6.45, 7) is 0. The topological polar surface area (TPSA) is 72.5 Å². The van der Waals surface area contributed by atoms with E-state index in [9.17, 15) is 13.2 Å². The second-order valence-corrected chi connectivity index (χ2v) is 6.50. The van der Waals surface area contributed by atoms with Gasteiger partial charge in [-0.3, -0.25) is 4.79 Å². The molecule has 2 aromatic carbocycles. The Kier molecular flexibility index (Phi) is 2.76. The number of anilines is 1. The molecule has 5 nitrogen and oxygen atoms in total. The van der Waals surface area contributed by atoms with Crippen molar-refractivity contribution in [2.45, 2.75) is 4.90 Å². The number of amides is 1. The van der Waals surface area contributed by atoms with Gasteiger partial charge in [-0.25, -0.2) is 8.42 Å². The normalized spacial score (nSPS) is 13.6. The predicted octanol–water partition coefficient (Wildman–Crippen LogP) is 2.45. The van der Waals surface area contributed by atoms with Gasteiger partial charge in [-0.05, 0) is 30.3 Å². The largest absolute Gasteiger partial charge is 0.454 e. The summed E-state index contributed by atoms with van der Waals surface area (Å²) in [4.78, 5) is 12.2. The highest BCUT2D eigenvalue weighted by molar-refractivity contribution is 7.90. The number of benzene rings is 2. The average Bonchev–Trinajstić information content (AvgIpc) is 2.53. The molecule has 0 radical (unpaired) electrons. The lowest BCUT2D eigenvalue weighted by molar-refractivity contribution is 0.102. The van der Waals surface area contributed by atoms with E-state index in [-0.39, 0.29) is 10.5 Å². The first-order chi connectivity index (χ1) is 9.45. The van der Waals surface area contributed by atoms with Gasteiger partial charge in [-0.2, -0.15) is 0 Å². The van der Waals surface area contributed by atoms with E-state index in [1.54, 1.807) is 24.3 Å². The molecular weight excluding hydrogens is 278 g/mol. The number of carbonyl (C=O) groups is 1. The maximum atomic E-state index is 12.2. The van der Waals surface area contributed by atoms with Gasteiger partial charge in [0.15, 0.2) is 15.6 Å². The first-order valence-corrected chi connectivity index (χ1v) is 7.76. The molecule has 0 saturated carbocycles. The van der Waals surface area contributed by atoms with Crippen LogP contribution in [0.15, 0.2) is 47.4 Å². The molecule has 1 amide bonds.